The van der Waals surface area contributed by atoms with Crippen LogP contribution in [0.2, 0.25) is 0 Å². The van der Waals surface area contributed by atoms with Gasteiger partial charge in [-0.3, -0.25) is 4.99 Å². The predicted molar refractivity (Wildman–Crippen MR) is 122 cm³/mol. The molecule has 3 heterocycles. The van der Waals surface area contributed by atoms with E-state index in [1.54, 1.807) is 24.5 Å². The van der Waals surface area contributed by atoms with E-state index in [9.17, 15) is 4.39 Å². The van der Waals surface area contributed by atoms with E-state index < -0.39 is 0 Å². The third-order valence-electron chi connectivity index (χ3n) is 5.70. The van der Waals surface area contributed by atoms with Gasteiger partial charge < -0.3 is 25.2 Å². The minimum atomic E-state index is -0.180. The number of morpholine rings is 1. The molecular formula is C22H30FN5OS. The fourth-order valence-corrected chi connectivity index (χ4v) is 4.77. The van der Waals surface area contributed by atoms with Crippen LogP contribution in [0.15, 0.2) is 40.7 Å². The largest absolute Gasteiger partial charge is 0.378 e. The van der Waals surface area contributed by atoms with Gasteiger partial charge in [0, 0.05) is 45.8 Å². The van der Waals surface area contributed by atoms with Gasteiger partial charge in [-0.1, -0.05) is 6.07 Å². The topological polar surface area (TPSA) is 52.1 Å². The van der Waals surface area contributed by atoms with Crippen LogP contribution < -0.4 is 20.4 Å². The van der Waals surface area contributed by atoms with Crippen molar-refractivity contribution in [2.24, 2.45) is 4.99 Å². The molecule has 0 radical (unpaired) electrons. The van der Waals surface area contributed by atoms with Gasteiger partial charge in [-0.2, -0.15) is 0 Å². The van der Waals surface area contributed by atoms with E-state index in [0.717, 1.165) is 50.5 Å². The number of nitrogens with one attached hydrogen (secondary N) is 2. The highest BCUT2D eigenvalue weighted by molar-refractivity contribution is 7.14. The number of rotatable bonds is 5. The molecule has 0 unspecified atom stereocenters. The molecule has 1 aromatic carbocycles. The number of aliphatic imine (C=N–C) groups is 1. The van der Waals surface area contributed by atoms with Crippen molar-refractivity contribution in [2.75, 3.05) is 56.2 Å². The molecule has 2 aliphatic heterocycles. The number of piperidine rings is 1. The third kappa shape index (κ3) is 5.23. The molecule has 2 aromatic rings. The van der Waals surface area contributed by atoms with E-state index in [1.165, 1.54) is 5.00 Å². The van der Waals surface area contributed by atoms with Gasteiger partial charge in [0.1, 0.15) is 5.82 Å². The van der Waals surface area contributed by atoms with Crippen LogP contribution in [0.5, 0.6) is 0 Å². The fourth-order valence-electron chi connectivity index (χ4n) is 3.99. The predicted octanol–water partition coefficient (Wildman–Crippen LogP) is 3.06. The molecular weight excluding hydrogens is 401 g/mol. The lowest BCUT2D eigenvalue weighted by molar-refractivity contribution is 0.122. The second kappa shape index (κ2) is 10.1. The Morgan fingerprint density at radius 1 is 1.17 bits per heavy atom. The Morgan fingerprint density at radius 2 is 1.97 bits per heavy atom. The number of thiophene rings is 1. The zero-order valence-corrected chi connectivity index (χ0v) is 18.3. The smallest absolute Gasteiger partial charge is 0.191 e. The number of nitrogens with zero attached hydrogens (tertiary/aromatic N) is 3. The molecule has 4 rings (SSSR count). The summed E-state index contributed by atoms with van der Waals surface area (Å²) in [5.74, 6) is 0.585. The van der Waals surface area contributed by atoms with Gasteiger partial charge in [0.15, 0.2) is 5.96 Å². The number of ether oxygens (including phenoxy) is 1. The molecule has 30 heavy (non-hydrogen) atoms. The average Bonchev–Trinajstić information content (AvgIpc) is 3.33. The van der Waals surface area contributed by atoms with E-state index in [2.05, 4.69) is 38.0 Å². The van der Waals surface area contributed by atoms with Gasteiger partial charge in [0.25, 0.3) is 0 Å². The maximum Gasteiger partial charge on any atom is 0.191 e. The molecule has 0 saturated carbocycles. The van der Waals surface area contributed by atoms with Gasteiger partial charge in [-0.15, -0.1) is 11.3 Å². The highest BCUT2D eigenvalue weighted by Gasteiger charge is 2.21. The summed E-state index contributed by atoms with van der Waals surface area (Å²) in [4.78, 5) is 8.83. The van der Waals surface area contributed by atoms with Crippen molar-refractivity contribution in [1.82, 2.24) is 10.6 Å². The molecule has 2 saturated heterocycles. The maximum absolute atomic E-state index is 14.6. The summed E-state index contributed by atoms with van der Waals surface area (Å²) in [6, 6.07) is 10.1. The summed E-state index contributed by atoms with van der Waals surface area (Å²) >= 11 is 1.80. The second-order valence-electron chi connectivity index (χ2n) is 7.67. The van der Waals surface area contributed by atoms with Gasteiger partial charge in [0.05, 0.1) is 23.9 Å². The fraction of sp³-hybridized carbons (Fsp3) is 0.500. The van der Waals surface area contributed by atoms with Gasteiger partial charge in [0.2, 0.25) is 0 Å². The minimum Gasteiger partial charge on any atom is -0.378 e. The number of halogens is 1. The summed E-state index contributed by atoms with van der Waals surface area (Å²) < 4.78 is 20.0. The van der Waals surface area contributed by atoms with Gasteiger partial charge in [-0.25, -0.2) is 4.39 Å². The molecule has 0 atom stereocenters. The van der Waals surface area contributed by atoms with Crippen molar-refractivity contribution in [3.05, 3.63) is 47.1 Å². The van der Waals surface area contributed by atoms with E-state index >= 15 is 0 Å². The molecule has 162 valence electrons. The van der Waals surface area contributed by atoms with E-state index in [4.69, 9.17) is 4.74 Å². The third-order valence-corrected chi connectivity index (χ3v) is 6.63. The summed E-state index contributed by atoms with van der Waals surface area (Å²) in [7, 11) is 1.78. The van der Waals surface area contributed by atoms with Crippen LogP contribution in [0.25, 0.3) is 0 Å². The highest BCUT2D eigenvalue weighted by Crippen LogP contribution is 2.25. The van der Waals surface area contributed by atoms with Crippen LogP contribution in [0.4, 0.5) is 15.1 Å². The van der Waals surface area contributed by atoms with E-state index in [-0.39, 0.29) is 5.82 Å². The van der Waals surface area contributed by atoms with Crippen LogP contribution in [0.3, 0.4) is 0 Å². The molecule has 2 aliphatic rings. The highest BCUT2D eigenvalue weighted by atomic mass is 32.1. The van der Waals surface area contributed by atoms with Crippen molar-refractivity contribution in [3.8, 4) is 0 Å². The Hall–Kier alpha value is -2.32. The van der Waals surface area contributed by atoms with Crippen LogP contribution in [-0.4, -0.2) is 58.4 Å². The van der Waals surface area contributed by atoms with Crippen LogP contribution >= 0.6 is 11.3 Å². The molecule has 0 amide bonds. The first-order chi connectivity index (χ1) is 14.7. The van der Waals surface area contributed by atoms with Crippen LogP contribution in [0, 0.1) is 5.82 Å². The first-order valence-corrected chi connectivity index (χ1v) is 11.5. The first-order valence-electron chi connectivity index (χ1n) is 10.6. The van der Waals surface area contributed by atoms with Crippen molar-refractivity contribution >= 4 is 28.0 Å². The van der Waals surface area contributed by atoms with Gasteiger partial charge in [-0.05, 0) is 48.1 Å². The first kappa shape index (κ1) is 20.9. The number of benzene rings is 1. The maximum atomic E-state index is 14.6. The lowest BCUT2D eigenvalue weighted by Gasteiger charge is -2.33. The van der Waals surface area contributed by atoms with Crippen LogP contribution in [-0.2, 0) is 11.3 Å². The molecule has 0 spiro atoms. The summed E-state index contributed by atoms with van der Waals surface area (Å²) in [5, 5.41) is 10.3. The Labute approximate surface area is 181 Å². The number of hydrogen-bond donors (Lipinski definition) is 2. The van der Waals surface area contributed by atoms with Crippen molar-refractivity contribution in [1.29, 1.82) is 0 Å². The Balaban J connectivity index is 1.26. The average molecular weight is 432 g/mol. The Kier molecular flexibility index (Phi) is 7.07. The lowest BCUT2D eigenvalue weighted by Crippen LogP contribution is -2.48. The summed E-state index contributed by atoms with van der Waals surface area (Å²) in [6.45, 7) is 5.39. The quantitative estimate of drug-likeness (QED) is 0.563. The zero-order valence-electron chi connectivity index (χ0n) is 17.4. The second-order valence-corrected chi connectivity index (χ2v) is 8.59. The molecule has 2 N–H and O–H groups in total. The Morgan fingerprint density at radius 3 is 2.63 bits per heavy atom. The van der Waals surface area contributed by atoms with Crippen LogP contribution in [0.1, 0.15) is 18.4 Å². The number of anilines is 2. The summed E-state index contributed by atoms with van der Waals surface area (Å²) in [6.07, 6.45) is 2.14. The van der Waals surface area contributed by atoms with Gasteiger partial charge >= 0.3 is 0 Å². The van der Waals surface area contributed by atoms with E-state index in [1.807, 2.05) is 17.0 Å². The standard InChI is InChI=1S/C22H30FN5OS/c1-24-22(26-18-6-8-28(9-7-18)21-3-2-14-30-21)25-16-17-4-5-20(19(23)15-17)27-10-12-29-13-11-27/h2-5,14-15,18H,6-13,16H2,1H3,(H2,24,25,26). The van der Waals surface area contributed by atoms with Crippen molar-refractivity contribution < 1.29 is 9.13 Å². The van der Waals surface area contributed by atoms with Crippen molar-refractivity contribution in [3.63, 3.8) is 0 Å². The molecule has 0 bridgehead atoms. The molecule has 2 fully saturated rings. The summed E-state index contributed by atoms with van der Waals surface area (Å²) in [5.41, 5.74) is 1.56. The number of guanidine groups is 1. The minimum absolute atomic E-state index is 0.180. The molecule has 1 aromatic heterocycles. The van der Waals surface area contributed by atoms with Crippen molar-refractivity contribution in [2.45, 2.75) is 25.4 Å². The Bertz CT molecular complexity index is 830. The SMILES string of the molecule is CN=C(NCc1ccc(N2CCOCC2)c(F)c1)NC1CCN(c2cccs2)CC1. The number of hydrogen-bond acceptors (Lipinski definition) is 5. The molecule has 6 nitrogen and oxygen atoms in total. The monoisotopic (exact) mass is 431 g/mol. The van der Waals surface area contributed by atoms with E-state index in [0.29, 0.717) is 31.5 Å². The normalized spacial score (nSPS) is 18.5. The molecule has 8 heteroatoms. The zero-order chi connectivity index (χ0) is 20.8. The lowest BCUT2D eigenvalue weighted by atomic mass is 10.1. The molecule has 0 aliphatic carbocycles.